The second-order valence-electron chi connectivity index (χ2n) is 6.13. The van der Waals surface area contributed by atoms with Gasteiger partial charge in [0.25, 0.3) is 5.91 Å². The van der Waals surface area contributed by atoms with Gasteiger partial charge >= 0.3 is 0 Å². The highest BCUT2D eigenvalue weighted by Gasteiger charge is 2.33. The van der Waals surface area contributed by atoms with E-state index in [1.807, 2.05) is 44.2 Å². The number of rotatable bonds is 6. The predicted octanol–water partition coefficient (Wildman–Crippen LogP) is 4.23. The summed E-state index contributed by atoms with van der Waals surface area (Å²) >= 11 is 6.52. The lowest BCUT2D eigenvalue weighted by molar-refractivity contribution is -0.126. The maximum Gasteiger partial charge on any atom is 0.266 e. The van der Waals surface area contributed by atoms with Crippen molar-refractivity contribution in [2.24, 2.45) is 0 Å². The van der Waals surface area contributed by atoms with Crippen molar-refractivity contribution in [1.29, 1.82) is 0 Å². The highest BCUT2D eigenvalue weighted by atomic mass is 32.2. The van der Waals surface area contributed by atoms with Crippen molar-refractivity contribution in [3.63, 3.8) is 0 Å². The molecule has 1 heterocycles. The zero-order valence-electron chi connectivity index (χ0n) is 15.6. The summed E-state index contributed by atoms with van der Waals surface area (Å²) in [6.07, 6.45) is 1.82. The Labute approximate surface area is 173 Å². The number of carbonyl (C=O) groups is 2. The molecule has 5 nitrogen and oxygen atoms in total. The molecule has 3 rings (SSSR count). The van der Waals surface area contributed by atoms with E-state index in [-0.39, 0.29) is 18.4 Å². The molecule has 0 radical (unpaired) electrons. The highest BCUT2D eigenvalue weighted by Crippen LogP contribution is 2.32. The first-order valence-electron chi connectivity index (χ1n) is 8.81. The number of nitrogens with zero attached hydrogens (tertiary/aromatic N) is 1. The topological polar surface area (TPSA) is 58.6 Å². The third kappa shape index (κ3) is 4.79. The summed E-state index contributed by atoms with van der Waals surface area (Å²) in [4.78, 5) is 26.9. The van der Waals surface area contributed by atoms with Crippen molar-refractivity contribution in [1.82, 2.24) is 4.90 Å². The van der Waals surface area contributed by atoms with Crippen LogP contribution in [0.15, 0.2) is 53.4 Å². The minimum Gasteiger partial charge on any atom is -0.494 e. The molecule has 2 aromatic carbocycles. The minimum atomic E-state index is -0.308. The first kappa shape index (κ1) is 20.1. The summed E-state index contributed by atoms with van der Waals surface area (Å²) in [6.45, 7) is 4.35. The molecule has 2 aromatic rings. The van der Waals surface area contributed by atoms with Crippen LogP contribution in [0.4, 0.5) is 5.69 Å². The molecular weight excluding hydrogens is 392 g/mol. The van der Waals surface area contributed by atoms with E-state index in [4.69, 9.17) is 17.0 Å². The van der Waals surface area contributed by atoms with E-state index < -0.39 is 0 Å². The standard InChI is InChI=1S/C21H20N2O3S2/c1-3-26-17-10-8-16(9-11-17)22-19(24)13-23-20(25)18(28-21(23)27)12-15-7-5-4-6-14(15)2/h4-12H,3,13H2,1-2H3,(H,22,24)/b18-12-. The van der Waals surface area contributed by atoms with Gasteiger partial charge < -0.3 is 10.1 Å². The number of nitrogens with one attached hydrogen (secondary N) is 1. The Morgan fingerprint density at radius 3 is 2.61 bits per heavy atom. The van der Waals surface area contributed by atoms with Gasteiger partial charge in [-0.1, -0.05) is 48.2 Å². The van der Waals surface area contributed by atoms with E-state index in [0.29, 0.717) is 21.5 Å². The third-order valence-electron chi connectivity index (χ3n) is 4.10. The fourth-order valence-electron chi connectivity index (χ4n) is 2.67. The molecule has 7 heteroatoms. The van der Waals surface area contributed by atoms with Crippen LogP contribution < -0.4 is 10.1 Å². The summed E-state index contributed by atoms with van der Waals surface area (Å²) in [5.41, 5.74) is 2.66. The number of benzene rings is 2. The maximum absolute atomic E-state index is 12.7. The smallest absolute Gasteiger partial charge is 0.266 e. The average Bonchev–Trinajstić information content (AvgIpc) is 2.93. The van der Waals surface area contributed by atoms with Gasteiger partial charge in [0.1, 0.15) is 16.6 Å². The number of ether oxygens (including phenoxy) is 1. The molecule has 144 valence electrons. The van der Waals surface area contributed by atoms with E-state index in [2.05, 4.69) is 5.32 Å². The summed E-state index contributed by atoms with van der Waals surface area (Å²) in [7, 11) is 0. The Morgan fingerprint density at radius 2 is 1.93 bits per heavy atom. The van der Waals surface area contributed by atoms with Crippen molar-refractivity contribution in [2.45, 2.75) is 13.8 Å². The number of amides is 2. The molecule has 0 saturated carbocycles. The Morgan fingerprint density at radius 1 is 1.21 bits per heavy atom. The molecule has 28 heavy (non-hydrogen) atoms. The molecule has 1 fully saturated rings. The maximum atomic E-state index is 12.7. The largest absolute Gasteiger partial charge is 0.494 e. The molecule has 1 aliphatic rings. The predicted molar refractivity (Wildman–Crippen MR) is 117 cm³/mol. The Kier molecular flexibility index (Phi) is 6.49. The number of thioether (sulfide) groups is 1. The number of hydrogen-bond donors (Lipinski definition) is 1. The second kappa shape index (κ2) is 9.03. The van der Waals surface area contributed by atoms with Crippen molar-refractivity contribution in [3.8, 4) is 5.75 Å². The average molecular weight is 413 g/mol. The molecule has 2 amide bonds. The van der Waals surface area contributed by atoms with Gasteiger partial charge in [-0.2, -0.15) is 0 Å². The SMILES string of the molecule is CCOc1ccc(NC(=O)CN2C(=O)/C(=C/c3ccccc3C)SC2=S)cc1. The van der Waals surface area contributed by atoms with Crippen molar-refractivity contribution >= 4 is 51.9 Å². The van der Waals surface area contributed by atoms with Crippen LogP contribution in [-0.2, 0) is 9.59 Å². The molecule has 0 aromatic heterocycles. The summed E-state index contributed by atoms with van der Waals surface area (Å²) in [5, 5.41) is 2.78. The van der Waals surface area contributed by atoms with E-state index in [9.17, 15) is 9.59 Å². The monoisotopic (exact) mass is 412 g/mol. The summed E-state index contributed by atoms with van der Waals surface area (Å²) in [6, 6.07) is 14.9. The van der Waals surface area contributed by atoms with Crippen LogP contribution in [0.1, 0.15) is 18.1 Å². The first-order valence-corrected chi connectivity index (χ1v) is 10.0. The number of thiocarbonyl (C=S) groups is 1. The number of hydrogen-bond acceptors (Lipinski definition) is 5. The normalized spacial score (nSPS) is 15.2. The number of carbonyl (C=O) groups excluding carboxylic acids is 2. The molecule has 0 atom stereocenters. The third-order valence-corrected chi connectivity index (χ3v) is 5.48. The molecule has 1 saturated heterocycles. The van der Waals surface area contributed by atoms with Gasteiger partial charge in [-0.3, -0.25) is 14.5 Å². The zero-order chi connectivity index (χ0) is 20.1. The second-order valence-corrected chi connectivity index (χ2v) is 7.81. The number of anilines is 1. The quantitative estimate of drug-likeness (QED) is 0.568. The van der Waals surface area contributed by atoms with E-state index >= 15 is 0 Å². The van der Waals surface area contributed by atoms with Crippen LogP contribution >= 0.6 is 24.0 Å². The summed E-state index contributed by atoms with van der Waals surface area (Å²) < 4.78 is 5.76. The van der Waals surface area contributed by atoms with E-state index in [1.54, 1.807) is 24.3 Å². The molecule has 1 N–H and O–H groups in total. The molecule has 0 unspecified atom stereocenters. The van der Waals surface area contributed by atoms with Crippen molar-refractivity contribution in [3.05, 3.63) is 64.6 Å². The van der Waals surface area contributed by atoms with Gasteiger partial charge in [0, 0.05) is 5.69 Å². The Hall–Kier alpha value is -2.64. The summed E-state index contributed by atoms with van der Waals surface area (Å²) in [5.74, 6) is 0.177. The fourth-order valence-corrected chi connectivity index (χ4v) is 3.92. The van der Waals surface area contributed by atoms with E-state index in [0.717, 1.165) is 16.9 Å². The molecular formula is C21H20N2O3S2. The van der Waals surface area contributed by atoms with Gasteiger partial charge in [0.2, 0.25) is 5.91 Å². The Bertz CT molecular complexity index is 939. The van der Waals surface area contributed by atoms with Crippen LogP contribution in [0.25, 0.3) is 6.08 Å². The van der Waals surface area contributed by atoms with Crippen LogP contribution in [0.2, 0.25) is 0 Å². The van der Waals surface area contributed by atoms with Gasteiger partial charge in [0.15, 0.2) is 0 Å². The van der Waals surface area contributed by atoms with Gasteiger partial charge in [-0.05, 0) is 55.3 Å². The lowest BCUT2D eigenvalue weighted by atomic mass is 10.1. The molecule has 0 bridgehead atoms. The van der Waals surface area contributed by atoms with Crippen LogP contribution in [0.5, 0.6) is 5.75 Å². The Balaban J connectivity index is 1.65. The zero-order valence-corrected chi connectivity index (χ0v) is 17.2. The molecule has 0 aliphatic carbocycles. The molecule has 1 aliphatic heterocycles. The molecule has 0 spiro atoms. The van der Waals surface area contributed by atoms with Crippen LogP contribution in [0.3, 0.4) is 0 Å². The highest BCUT2D eigenvalue weighted by molar-refractivity contribution is 8.26. The lowest BCUT2D eigenvalue weighted by Crippen LogP contribution is -2.36. The van der Waals surface area contributed by atoms with Gasteiger partial charge in [-0.25, -0.2) is 0 Å². The van der Waals surface area contributed by atoms with Gasteiger partial charge in [-0.15, -0.1) is 0 Å². The van der Waals surface area contributed by atoms with Crippen molar-refractivity contribution < 1.29 is 14.3 Å². The minimum absolute atomic E-state index is 0.122. The van der Waals surface area contributed by atoms with Crippen LogP contribution in [-0.4, -0.2) is 34.2 Å². The van der Waals surface area contributed by atoms with E-state index in [1.165, 1.54) is 16.7 Å². The lowest BCUT2D eigenvalue weighted by Gasteiger charge is -2.14. The van der Waals surface area contributed by atoms with Gasteiger partial charge in [0.05, 0.1) is 11.5 Å². The fraction of sp³-hybridized carbons (Fsp3) is 0.190. The first-order chi connectivity index (χ1) is 13.5. The van der Waals surface area contributed by atoms with Crippen LogP contribution in [0, 0.1) is 6.92 Å². The van der Waals surface area contributed by atoms with Crippen molar-refractivity contribution in [2.75, 3.05) is 18.5 Å². The number of aryl methyl sites for hydroxylation is 1.